The molecule has 0 aliphatic heterocycles. The van der Waals surface area contributed by atoms with Crippen LogP contribution in [0, 0.1) is 13.8 Å². The van der Waals surface area contributed by atoms with E-state index in [9.17, 15) is 22.8 Å². The molecule has 3 rings (SSSR count). The van der Waals surface area contributed by atoms with Gasteiger partial charge >= 0.3 is 6.18 Å². The highest BCUT2D eigenvalue weighted by Gasteiger charge is 2.33. The third-order valence-electron chi connectivity index (χ3n) is 4.24. The van der Waals surface area contributed by atoms with Crippen molar-refractivity contribution in [1.82, 2.24) is 9.55 Å². The molecule has 0 bridgehead atoms. The molecule has 9 heteroatoms. The fourth-order valence-electron chi connectivity index (χ4n) is 2.70. The molecule has 0 spiro atoms. The number of rotatable bonds is 4. The molecular weight excluding hydrogens is 363 g/mol. The lowest BCUT2D eigenvalue weighted by Gasteiger charge is -2.13. The number of aryl methyl sites for hydroxylation is 3. The summed E-state index contributed by atoms with van der Waals surface area (Å²) in [4.78, 5) is 28.6. The SMILES string of the molecule is Cc1oc2ncn(CCC(=O)Nc3ccccc3C(F)(F)F)c(=O)c2c1C. The van der Waals surface area contributed by atoms with Gasteiger partial charge in [-0.05, 0) is 26.0 Å². The number of nitrogens with zero attached hydrogens (tertiary/aromatic N) is 2. The Kier molecular flexibility index (Phi) is 4.77. The van der Waals surface area contributed by atoms with Crippen LogP contribution in [0.5, 0.6) is 0 Å². The van der Waals surface area contributed by atoms with Gasteiger partial charge in [0, 0.05) is 18.5 Å². The molecule has 6 nitrogen and oxygen atoms in total. The highest BCUT2D eigenvalue weighted by atomic mass is 19.4. The van der Waals surface area contributed by atoms with E-state index in [1.165, 1.54) is 29.1 Å². The summed E-state index contributed by atoms with van der Waals surface area (Å²) in [6.07, 6.45) is -3.51. The first-order chi connectivity index (χ1) is 12.7. The summed E-state index contributed by atoms with van der Waals surface area (Å²) < 4.78 is 45.5. The molecule has 27 heavy (non-hydrogen) atoms. The molecule has 142 valence electrons. The van der Waals surface area contributed by atoms with Gasteiger partial charge in [0.05, 0.1) is 11.3 Å². The fourth-order valence-corrected chi connectivity index (χ4v) is 2.70. The van der Waals surface area contributed by atoms with Crippen molar-refractivity contribution in [3.05, 3.63) is 57.8 Å². The van der Waals surface area contributed by atoms with Crippen LogP contribution in [0.3, 0.4) is 0 Å². The molecule has 0 atom stereocenters. The van der Waals surface area contributed by atoms with Gasteiger partial charge in [-0.25, -0.2) is 4.98 Å². The fraction of sp³-hybridized carbons (Fsp3) is 0.278. The van der Waals surface area contributed by atoms with Crippen LogP contribution in [-0.2, 0) is 17.5 Å². The Labute approximate surface area is 151 Å². The van der Waals surface area contributed by atoms with Crippen LogP contribution in [0.4, 0.5) is 18.9 Å². The molecule has 0 saturated carbocycles. The van der Waals surface area contributed by atoms with E-state index in [4.69, 9.17) is 4.42 Å². The number of anilines is 1. The highest BCUT2D eigenvalue weighted by molar-refractivity contribution is 5.91. The van der Waals surface area contributed by atoms with Crippen molar-refractivity contribution < 1.29 is 22.4 Å². The number of halogens is 3. The quantitative estimate of drug-likeness (QED) is 0.751. The van der Waals surface area contributed by atoms with Crippen LogP contribution in [0.2, 0.25) is 0 Å². The molecule has 0 radical (unpaired) electrons. The predicted molar refractivity (Wildman–Crippen MR) is 92.4 cm³/mol. The van der Waals surface area contributed by atoms with E-state index >= 15 is 0 Å². The number of alkyl halides is 3. The number of para-hydroxylation sites is 1. The number of benzene rings is 1. The minimum Gasteiger partial charge on any atom is -0.443 e. The van der Waals surface area contributed by atoms with Crippen molar-refractivity contribution in [2.45, 2.75) is 33.0 Å². The molecule has 1 N–H and O–H groups in total. The van der Waals surface area contributed by atoms with E-state index in [1.807, 2.05) is 0 Å². The first-order valence-electron chi connectivity index (χ1n) is 8.09. The third-order valence-corrected chi connectivity index (χ3v) is 4.24. The standard InChI is InChI=1S/C18H16F3N3O3/c1-10-11(2)27-16-15(10)17(26)24(9-22-16)8-7-14(25)23-13-6-4-3-5-12(13)18(19,20)21/h3-6,9H,7-8H2,1-2H3,(H,23,25). The minimum atomic E-state index is -4.58. The zero-order chi connectivity index (χ0) is 19.8. The predicted octanol–water partition coefficient (Wildman–Crippen LogP) is 3.65. The zero-order valence-electron chi connectivity index (χ0n) is 14.6. The summed E-state index contributed by atoms with van der Waals surface area (Å²) in [5, 5.41) is 2.58. The van der Waals surface area contributed by atoms with E-state index in [1.54, 1.807) is 13.8 Å². The Hall–Kier alpha value is -3.10. The van der Waals surface area contributed by atoms with Crippen LogP contribution in [0.15, 0.2) is 39.8 Å². The second-order valence-electron chi connectivity index (χ2n) is 6.05. The molecule has 0 aliphatic carbocycles. The zero-order valence-corrected chi connectivity index (χ0v) is 14.6. The van der Waals surface area contributed by atoms with Gasteiger partial charge < -0.3 is 9.73 Å². The average molecular weight is 379 g/mol. The molecule has 0 saturated heterocycles. The molecular formula is C18H16F3N3O3. The lowest BCUT2D eigenvalue weighted by atomic mass is 10.1. The van der Waals surface area contributed by atoms with Crippen molar-refractivity contribution >= 4 is 22.7 Å². The maximum absolute atomic E-state index is 13.0. The topological polar surface area (TPSA) is 77.1 Å². The van der Waals surface area contributed by atoms with E-state index in [0.29, 0.717) is 16.7 Å². The molecule has 3 aromatic rings. The number of furan rings is 1. The van der Waals surface area contributed by atoms with Gasteiger partial charge in [0.25, 0.3) is 5.56 Å². The van der Waals surface area contributed by atoms with Gasteiger partial charge in [0.15, 0.2) is 0 Å². The normalized spacial score (nSPS) is 11.7. The number of hydrogen-bond donors (Lipinski definition) is 1. The second kappa shape index (κ2) is 6.90. The van der Waals surface area contributed by atoms with Crippen LogP contribution in [0.25, 0.3) is 11.1 Å². The Morgan fingerprint density at radius 1 is 1.26 bits per heavy atom. The smallest absolute Gasteiger partial charge is 0.418 e. The monoisotopic (exact) mass is 379 g/mol. The van der Waals surface area contributed by atoms with Gasteiger partial charge in [0.2, 0.25) is 11.6 Å². The first-order valence-corrected chi connectivity index (χ1v) is 8.09. The summed E-state index contributed by atoms with van der Waals surface area (Å²) >= 11 is 0. The summed E-state index contributed by atoms with van der Waals surface area (Å²) in [5.74, 6) is -0.0624. The largest absolute Gasteiger partial charge is 0.443 e. The number of carbonyl (C=O) groups is 1. The van der Waals surface area contributed by atoms with Gasteiger partial charge in [-0.15, -0.1) is 0 Å². The molecule has 0 fully saturated rings. The molecule has 2 heterocycles. The maximum Gasteiger partial charge on any atom is 0.418 e. The Bertz CT molecular complexity index is 1070. The van der Waals surface area contributed by atoms with E-state index in [-0.39, 0.29) is 29.9 Å². The van der Waals surface area contributed by atoms with E-state index < -0.39 is 17.6 Å². The first kappa shape index (κ1) is 18.7. The average Bonchev–Trinajstić information content (AvgIpc) is 2.89. The Morgan fingerprint density at radius 2 is 1.96 bits per heavy atom. The van der Waals surface area contributed by atoms with Crippen LogP contribution in [-0.4, -0.2) is 15.5 Å². The molecule has 2 aromatic heterocycles. The van der Waals surface area contributed by atoms with Crippen LogP contribution < -0.4 is 10.9 Å². The van der Waals surface area contributed by atoms with E-state index in [0.717, 1.165) is 6.07 Å². The number of carbonyl (C=O) groups excluding carboxylic acids is 1. The van der Waals surface area contributed by atoms with Gasteiger partial charge in [0.1, 0.15) is 17.5 Å². The van der Waals surface area contributed by atoms with Crippen LogP contribution in [0.1, 0.15) is 23.3 Å². The van der Waals surface area contributed by atoms with Crippen molar-refractivity contribution in [2.75, 3.05) is 5.32 Å². The molecule has 1 amide bonds. The molecule has 1 aromatic carbocycles. The van der Waals surface area contributed by atoms with Crippen molar-refractivity contribution in [3.8, 4) is 0 Å². The highest BCUT2D eigenvalue weighted by Crippen LogP contribution is 2.34. The molecule has 0 aliphatic rings. The summed E-state index contributed by atoms with van der Waals surface area (Å²) in [7, 11) is 0. The number of amides is 1. The third kappa shape index (κ3) is 3.71. The van der Waals surface area contributed by atoms with Crippen molar-refractivity contribution in [3.63, 3.8) is 0 Å². The Balaban J connectivity index is 1.76. The summed E-state index contributed by atoms with van der Waals surface area (Å²) in [6, 6.07) is 4.71. The summed E-state index contributed by atoms with van der Waals surface area (Å²) in [6.45, 7) is 3.42. The van der Waals surface area contributed by atoms with Gasteiger partial charge in [-0.1, -0.05) is 12.1 Å². The number of hydrogen-bond acceptors (Lipinski definition) is 4. The number of aromatic nitrogens is 2. The van der Waals surface area contributed by atoms with Gasteiger partial charge in [-0.3, -0.25) is 14.2 Å². The lowest BCUT2D eigenvalue weighted by molar-refractivity contribution is -0.137. The van der Waals surface area contributed by atoms with Gasteiger partial charge in [-0.2, -0.15) is 13.2 Å². The van der Waals surface area contributed by atoms with Crippen molar-refractivity contribution in [2.24, 2.45) is 0 Å². The lowest BCUT2D eigenvalue weighted by Crippen LogP contribution is -2.24. The minimum absolute atomic E-state index is 0.0224. The number of fused-ring (bicyclic) bond motifs is 1. The second-order valence-corrected chi connectivity index (χ2v) is 6.05. The Morgan fingerprint density at radius 3 is 2.67 bits per heavy atom. The number of nitrogens with one attached hydrogen (secondary N) is 1. The van der Waals surface area contributed by atoms with E-state index in [2.05, 4.69) is 10.3 Å². The van der Waals surface area contributed by atoms with Crippen LogP contribution >= 0.6 is 0 Å². The summed E-state index contributed by atoms with van der Waals surface area (Å²) in [5.41, 5.74) is -0.728. The maximum atomic E-state index is 13.0. The molecule has 0 unspecified atom stereocenters. The van der Waals surface area contributed by atoms with Crippen molar-refractivity contribution in [1.29, 1.82) is 0 Å².